The first-order chi connectivity index (χ1) is 21.5. The van der Waals surface area contributed by atoms with Gasteiger partial charge in [0.2, 0.25) is 5.95 Å². The summed E-state index contributed by atoms with van der Waals surface area (Å²) in [6.07, 6.45) is -0.635. The molecular formula is C30H32ClF3N6O4S2. The van der Waals surface area contributed by atoms with E-state index in [2.05, 4.69) is 53.6 Å². The van der Waals surface area contributed by atoms with Crippen molar-refractivity contribution in [2.75, 3.05) is 18.2 Å². The number of nitrogen functional groups attached to an aromatic ring is 1. The Hall–Kier alpha value is -4.34. The van der Waals surface area contributed by atoms with E-state index in [9.17, 15) is 27.6 Å². The van der Waals surface area contributed by atoms with Crippen LogP contribution in [0.3, 0.4) is 0 Å². The van der Waals surface area contributed by atoms with Crippen molar-refractivity contribution >= 4 is 64.3 Å². The fraction of sp³-hybridized carbons (Fsp3) is 0.200. The van der Waals surface area contributed by atoms with Gasteiger partial charge in [0.15, 0.2) is 0 Å². The maximum Gasteiger partial charge on any atom is 0.419 e. The number of ether oxygens (including phenoxy) is 1. The molecule has 0 bridgehead atoms. The molecule has 0 fully saturated rings. The van der Waals surface area contributed by atoms with Gasteiger partial charge >= 0.3 is 12.1 Å². The molecule has 4 N–H and O–H groups in total. The molecule has 0 spiro atoms. The van der Waals surface area contributed by atoms with Crippen LogP contribution in [-0.2, 0) is 28.7 Å². The molecule has 0 atom stereocenters. The summed E-state index contributed by atoms with van der Waals surface area (Å²) in [5, 5.41) is 5.44. The number of pyridine rings is 1. The molecule has 246 valence electrons. The fourth-order valence-corrected chi connectivity index (χ4v) is 3.56. The number of hydrogen-bond acceptors (Lipinski definition) is 10. The first-order valence-electron chi connectivity index (χ1n) is 12.8. The second kappa shape index (κ2) is 19.9. The highest BCUT2D eigenvalue weighted by Gasteiger charge is 2.31. The monoisotopic (exact) mass is 696 g/mol. The van der Waals surface area contributed by atoms with Crippen LogP contribution in [0, 0.1) is 0 Å². The third-order valence-corrected chi connectivity index (χ3v) is 5.91. The molecule has 0 radical (unpaired) electrons. The summed E-state index contributed by atoms with van der Waals surface area (Å²) in [7, 11) is 1.39. The van der Waals surface area contributed by atoms with Gasteiger partial charge in [0.1, 0.15) is 0 Å². The minimum atomic E-state index is -4.56. The van der Waals surface area contributed by atoms with Crippen LogP contribution in [-0.4, -0.2) is 39.8 Å². The van der Waals surface area contributed by atoms with Gasteiger partial charge in [-0.1, -0.05) is 37.2 Å². The lowest BCUT2D eigenvalue weighted by atomic mass is 10.1. The van der Waals surface area contributed by atoms with Crippen molar-refractivity contribution in [2.45, 2.75) is 33.0 Å². The van der Waals surface area contributed by atoms with Crippen LogP contribution < -0.4 is 16.4 Å². The summed E-state index contributed by atoms with van der Waals surface area (Å²) in [5.41, 5.74) is 7.17. The van der Waals surface area contributed by atoms with E-state index in [0.717, 1.165) is 5.69 Å². The maximum absolute atomic E-state index is 12.5. The zero-order chi connectivity index (χ0) is 33.4. The number of nitrogens with one attached hydrogen (secondary N) is 2. The van der Waals surface area contributed by atoms with Crippen LogP contribution in [0.4, 0.5) is 24.8 Å². The van der Waals surface area contributed by atoms with Crippen molar-refractivity contribution in [2.24, 2.45) is 0 Å². The highest BCUT2D eigenvalue weighted by molar-refractivity contribution is 8.59. The number of anilines is 2. The Labute approximate surface area is 279 Å². The number of carbonyl (C=O) groups is 3. The van der Waals surface area contributed by atoms with E-state index in [0.29, 0.717) is 35.8 Å². The molecule has 4 aromatic rings. The van der Waals surface area contributed by atoms with Crippen LogP contribution in [0.1, 0.15) is 51.4 Å². The zero-order valence-electron chi connectivity index (χ0n) is 23.6. The average Bonchev–Trinajstić information content (AvgIpc) is 3.04. The summed E-state index contributed by atoms with van der Waals surface area (Å²) in [6.45, 7) is 0.185. The molecule has 0 aliphatic rings. The molecule has 2 heterocycles. The number of amides is 2. The Bertz CT molecular complexity index is 1550. The first-order valence-corrected chi connectivity index (χ1v) is 14.7. The molecule has 0 aliphatic heterocycles. The van der Waals surface area contributed by atoms with Crippen LogP contribution in [0.25, 0.3) is 0 Å². The van der Waals surface area contributed by atoms with E-state index in [4.69, 9.17) is 17.3 Å². The van der Waals surface area contributed by atoms with Crippen molar-refractivity contribution in [3.05, 3.63) is 112 Å². The van der Waals surface area contributed by atoms with Gasteiger partial charge in [-0.3, -0.25) is 24.7 Å². The number of nitrogens with two attached hydrogens (primary N) is 1. The number of nitrogens with zero attached hydrogens (tertiary/aromatic N) is 3. The lowest BCUT2D eigenvalue weighted by Crippen LogP contribution is -2.23. The smallest absolute Gasteiger partial charge is 0.419 e. The van der Waals surface area contributed by atoms with E-state index in [1.165, 1.54) is 31.4 Å². The summed E-state index contributed by atoms with van der Waals surface area (Å²) in [6, 6.07) is 16.4. The molecule has 0 saturated carbocycles. The molecule has 2 amide bonds. The Kier molecular flexibility index (Phi) is 17.2. The molecule has 0 unspecified atom stereocenters. The number of alkyl halides is 3. The van der Waals surface area contributed by atoms with E-state index < -0.39 is 17.6 Å². The summed E-state index contributed by atoms with van der Waals surface area (Å²) >= 11 is 12.3. The SMILES string of the molecule is C.COC(=O)CCc1ccccn1.Nc1cc(Cl)ccc1C(=O)NCc1ccc(C(=O)Nc2ncc(C(F)(F)F)cn2)cc1.SS. The van der Waals surface area contributed by atoms with Crippen molar-refractivity contribution in [3.63, 3.8) is 0 Å². The van der Waals surface area contributed by atoms with E-state index in [1.54, 1.807) is 24.4 Å². The van der Waals surface area contributed by atoms with E-state index in [-0.39, 0.29) is 48.6 Å². The van der Waals surface area contributed by atoms with Crippen molar-refractivity contribution in [3.8, 4) is 0 Å². The Morgan fingerprint density at radius 1 is 0.957 bits per heavy atom. The third-order valence-electron chi connectivity index (χ3n) is 5.67. The molecule has 10 nitrogen and oxygen atoms in total. The second-order valence-electron chi connectivity index (χ2n) is 8.76. The van der Waals surface area contributed by atoms with Crippen LogP contribution in [0.5, 0.6) is 0 Å². The van der Waals surface area contributed by atoms with Crippen LogP contribution in [0.15, 0.2) is 79.3 Å². The summed E-state index contributed by atoms with van der Waals surface area (Å²) in [5.74, 6) is -1.42. The quantitative estimate of drug-likeness (QED) is 0.0607. The van der Waals surface area contributed by atoms with Crippen molar-refractivity contribution < 1.29 is 32.3 Å². The van der Waals surface area contributed by atoms with Gasteiger partial charge in [-0.25, -0.2) is 9.97 Å². The predicted octanol–water partition coefficient (Wildman–Crippen LogP) is 6.50. The molecule has 2 aromatic carbocycles. The van der Waals surface area contributed by atoms with Gasteiger partial charge in [-0.15, -0.1) is 23.3 Å². The maximum atomic E-state index is 12.5. The number of aromatic nitrogens is 3. The molecule has 4 rings (SSSR count). The fourth-order valence-electron chi connectivity index (χ4n) is 3.38. The van der Waals surface area contributed by atoms with E-state index >= 15 is 0 Å². The van der Waals surface area contributed by atoms with Crippen LogP contribution >= 0.6 is 34.9 Å². The first kappa shape index (κ1) is 39.7. The molecule has 16 heteroatoms. The molecular weight excluding hydrogens is 665 g/mol. The van der Waals surface area contributed by atoms with Gasteiger partial charge < -0.3 is 15.8 Å². The number of esters is 1. The molecule has 46 heavy (non-hydrogen) atoms. The van der Waals surface area contributed by atoms with Gasteiger partial charge in [0, 0.05) is 53.5 Å². The van der Waals surface area contributed by atoms with Crippen molar-refractivity contribution in [1.82, 2.24) is 20.3 Å². The Morgan fingerprint density at radius 3 is 2.15 bits per heavy atom. The lowest BCUT2D eigenvalue weighted by molar-refractivity contribution is -0.140. The zero-order valence-corrected chi connectivity index (χ0v) is 26.1. The van der Waals surface area contributed by atoms with Gasteiger partial charge in [-0.05, 0) is 48.0 Å². The predicted molar refractivity (Wildman–Crippen MR) is 178 cm³/mol. The third kappa shape index (κ3) is 13.3. The number of thiol groups is 2. The Morgan fingerprint density at radius 2 is 1.61 bits per heavy atom. The second-order valence-corrected chi connectivity index (χ2v) is 9.19. The number of carbonyl (C=O) groups excluding carboxylic acids is 3. The van der Waals surface area contributed by atoms with Gasteiger partial charge in [-0.2, -0.15) is 13.2 Å². The number of rotatable bonds is 8. The highest BCUT2D eigenvalue weighted by Crippen LogP contribution is 2.28. The highest BCUT2D eigenvalue weighted by atomic mass is 35.5. The topological polar surface area (TPSA) is 149 Å². The summed E-state index contributed by atoms with van der Waals surface area (Å²) in [4.78, 5) is 46.2. The average molecular weight is 697 g/mol. The molecule has 0 saturated heterocycles. The standard InChI is InChI=1S/C20H15ClF3N5O2.C9H11NO2.CH4.H2S2/c21-14-5-6-15(16(25)7-14)18(31)26-8-11-1-3-12(4-2-11)17(30)29-19-27-9-13(10-28-19)20(22,23)24;1-12-9(11)6-5-8-4-2-3-7-10-8;;1-2/h1-7,9-10H,8,25H2,(H,26,31)(H,27,28,29,30);2-4,7H,5-6H2,1H3;1H4;1-2H. The van der Waals surface area contributed by atoms with Crippen LogP contribution in [0.2, 0.25) is 5.02 Å². The number of aryl methyl sites for hydroxylation is 1. The van der Waals surface area contributed by atoms with Crippen molar-refractivity contribution in [1.29, 1.82) is 0 Å². The summed E-state index contributed by atoms with van der Waals surface area (Å²) < 4.78 is 42.1. The molecule has 2 aromatic heterocycles. The Balaban J connectivity index is 0.000000592. The number of hydrogen-bond donors (Lipinski definition) is 5. The minimum absolute atomic E-state index is 0. The normalized spacial score (nSPS) is 10.1. The lowest BCUT2D eigenvalue weighted by Gasteiger charge is -2.09. The largest absolute Gasteiger partial charge is 0.469 e. The van der Waals surface area contributed by atoms with Gasteiger partial charge in [0.05, 0.1) is 24.7 Å². The number of benzene rings is 2. The minimum Gasteiger partial charge on any atom is -0.469 e. The molecule has 0 aliphatic carbocycles. The van der Waals surface area contributed by atoms with Gasteiger partial charge in [0.25, 0.3) is 11.8 Å². The number of methoxy groups -OCH3 is 1. The number of halogens is 4. The van der Waals surface area contributed by atoms with E-state index in [1.807, 2.05) is 18.2 Å².